The molecular weight excluding hydrogens is 278 g/mol. The fourth-order valence-corrected chi connectivity index (χ4v) is 2.46. The predicted octanol–water partition coefficient (Wildman–Crippen LogP) is 1.36. The third kappa shape index (κ3) is 3.44. The molecule has 2 rings (SSSR count). The Kier molecular flexibility index (Phi) is 4.80. The number of nitrogens with zero attached hydrogens (tertiary/aromatic N) is 4. The standard InChI is InChI=1S/C16H23N5O/c1-11-14(12(2)21(5)19-11)9-15(22)18-10-13-7-6-8-17-16(13)20(3)4/h6-8H,9-10H2,1-5H3,(H,18,22). The average molecular weight is 301 g/mol. The molecule has 6 heteroatoms. The SMILES string of the molecule is Cc1nn(C)c(C)c1CC(=O)NCc1cccnc1N(C)C. The third-order valence-corrected chi connectivity index (χ3v) is 3.76. The smallest absolute Gasteiger partial charge is 0.224 e. The van der Waals surface area contributed by atoms with Crippen LogP contribution in [0.4, 0.5) is 5.82 Å². The van der Waals surface area contributed by atoms with Gasteiger partial charge in [-0.05, 0) is 19.9 Å². The van der Waals surface area contributed by atoms with Crippen LogP contribution in [0.15, 0.2) is 18.3 Å². The molecule has 6 nitrogen and oxygen atoms in total. The Labute approximate surface area is 131 Å². The van der Waals surface area contributed by atoms with Crippen LogP contribution in [0.25, 0.3) is 0 Å². The van der Waals surface area contributed by atoms with Gasteiger partial charge in [0.25, 0.3) is 0 Å². The first-order valence-corrected chi connectivity index (χ1v) is 7.27. The maximum absolute atomic E-state index is 12.2. The first-order chi connectivity index (χ1) is 10.4. The Balaban J connectivity index is 2.02. The average Bonchev–Trinajstić information content (AvgIpc) is 2.72. The van der Waals surface area contributed by atoms with Crippen LogP contribution >= 0.6 is 0 Å². The molecule has 0 aliphatic carbocycles. The fourth-order valence-electron chi connectivity index (χ4n) is 2.46. The maximum atomic E-state index is 12.2. The zero-order valence-corrected chi connectivity index (χ0v) is 13.8. The summed E-state index contributed by atoms with van der Waals surface area (Å²) in [6, 6.07) is 3.85. The quantitative estimate of drug-likeness (QED) is 0.905. The van der Waals surface area contributed by atoms with E-state index >= 15 is 0 Å². The van der Waals surface area contributed by atoms with Gasteiger partial charge in [-0.3, -0.25) is 9.48 Å². The zero-order chi connectivity index (χ0) is 16.3. The van der Waals surface area contributed by atoms with Crippen molar-refractivity contribution in [1.29, 1.82) is 0 Å². The first kappa shape index (κ1) is 16.0. The number of aromatic nitrogens is 3. The number of carbonyl (C=O) groups excluding carboxylic acids is 1. The molecule has 0 spiro atoms. The first-order valence-electron chi connectivity index (χ1n) is 7.27. The van der Waals surface area contributed by atoms with Crippen LogP contribution in [0.3, 0.4) is 0 Å². The molecule has 2 heterocycles. The van der Waals surface area contributed by atoms with E-state index in [9.17, 15) is 4.79 Å². The topological polar surface area (TPSA) is 63.1 Å². The van der Waals surface area contributed by atoms with E-state index < -0.39 is 0 Å². The van der Waals surface area contributed by atoms with Gasteiger partial charge in [-0.15, -0.1) is 0 Å². The van der Waals surface area contributed by atoms with Crippen molar-refractivity contribution in [3.63, 3.8) is 0 Å². The summed E-state index contributed by atoms with van der Waals surface area (Å²) in [5, 5.41) is 7.30. The molecule has 1 amide bonds. The number of carbonyl (C=O) groups is 1. The van der Waals surface area contributed by atoms with Crippen LogP contribution in [0, 0.1) is 13.8 Å². The van der Waals surface area contributed by atoms with Crippen LogP contribution in [-0.2, 0) is 24.8 Å². The zero-order valence-electron chi connectivity index (χ0n) is 13.8. The van der Waals surface area contributed by atoms with Gasteiger partial charge in [0.05, 0.1) is 12.1 Å². The third-order valence-electron chi connectivity index (χ3n) is 3.76. The van der Waals surface area contributed by atoms with Gasteiger partial charge in [0.2, 0.25) is 5.91 Å². The summed E-state index contributed by atoms with van der Waals surface area (Å²) < 4.78 is 1.81. The lowest BCUT2D eigenvalue weighted by Gasteiger charge is -2.16. The van der Waals surface area contributed by atoms with Gasteiger partial charge in [-0.25, -0.2) is 4.98 Å². The van der Waals surface area contributed by atoms with Crippen molar-refractivity contribution >= 4 is 11.7 Å². The second kappa shape index (κ2) is 6.60. The normalized spacial score (nSPS) is 10.6. The number of pyridine rings is 1. The number of nitrogens with one attached hydrogen (secondary N) is 1. The molecule has 0 bridgehead atoms. The van der Waals surface area contributed by atoms with Gasteiger partial charge in [-0.2, -0.15) is 5.10 Å². The number of aryl methyl sites for hydroxylation is 2. The van der Waals surface area contributed by atoms with Gasteiger partial charge in [-0.1, -0.05) is 6.07 Å². The molecule has 22 heavy (non-hydrogen) atoms. The van der Waals surface area contributed by atoms with E-state index in [1.807, 2.05) is 56.7 Å². The molecule has 0 saturated carbocycles. The Morgan fingerprint density at radius 3 is 2.68 bits per heavy atom. The lowest BCUT2D eigenvalue weighted by atomic mass is 10.1. The minimum absolute atomic E-state index is 0.00670. The van der Waals surface area contributed by atoms with Gasteiger partial charge in [0.1, 0.15) is 5.82 Å². The maximum Gasteiger partial charge on any atom is 0.224 e. The number of anilines is 1. The fraction of sp³-hybridized carbons (Fsp3) is 0.438. The minimum atomic E-state index is -0.00670. The van der Waals surface area contributed by atoms with Crippen molar-refractivity contribution in [2.24, 2.45) is 7.05 Å². The molecule has 0 unspecified atom stereocenters. The minimum Gasteiger partial charge on any atom is -0.362 e. The molecule has 1 N–H and O–H groups in total. The summed E-state index contributed by atoms with van der Waals surface area (Å²) in [5.41, 5.74) is 3.94. The Morgan fingerprint density at radius 1 is 1.36 bits per heavy atom. The number of rotatable bonds is 5. The molecule has 2 aromatic rings. The summed E-state index contributed by atoms with van der Waals surface area (Å²) in [5.74, 6) is 0.865. The molecular formula is C16H23N5O. The predicted molar refractivity (Wildman–Crippen MR) is 86.8 cm³/mol. The van der Waals surface area contributed by atoms with E-state index in [-0.39, 0.29) is 5.91 Å². The Bertz CT molecular complexity index is 675. The highest BCUT2D eigenvalue weighted by atomic mass is 16.1. The molecule has 0 aliphatic heterocycles. The van der Waals surface area contributed by atoms with E-state index in [2.05, 4.69) is 15.4 Å². The van der Waals surface area contributed by atoms with Crippen LogP contribution in [0.5, 0.6) is 0 Å². The van der Waals surface area contributed by atoms with E-state index in [0.717, 1.165) is 28.3 Å². The van der Waals surface area contributed by atoms with Crippen molar-refractivity contribution in [1.82, 2.24) is 20.1 Å². The number of hydrogen-bond acceptors (Lipinski definition) is 4. The highest BCUT2D eigenvalue weighted by molar-refractivity contribution is 5.79. The largest absolute Gasteiger partial charge is 0.362 e. The molecule has 0 radical (unpaired) electrons. The van der Waals surface area contributed by atoms with Gasteiger partial charge >= 0.3 is 0 Å². The molecule has 0 saturated heterocycles. The number of amides is 1. The molecule has 0 aliphatic rings. The van der Waals surface area contributed by atoms with Crippen LogP contribution in [0.1, 0.15) is 22.5 Å². The van der Waals surface area contributed by atoms with E-state index in [4.69, 9.17) is 0 Å². The molecule has 118 valence electrons. The Hall–Kier alpha value is -2.37. The lowest BCUT2D eigenvalue weighted by molar-refractivity contribution is -0.120. The van der Waals surface area contributed by atoms with Crippen LogP contribution in [0.2, 0.25) is 0 Å². The number of hydrogen-bond donors (Lipinski definition) is 1. The van der Waals surface area contributed by atoms with Gasteiger partial charge < -0.3 is 10.2 Å². The summed E-state index contributed by atoms with van der Waals surface area (Å²) in [6.45, 7) is 4.38. The van der Waals surface area contributed by atoms with Crippen molar-refractivity contribution in [3.8, 4) is 0 Å². The summed E-state index contributed by atoms with van der Waals surface area (Å²) in [4.78, 5) is 18.5. The van der Waals surface area contributed by atoms with Crippen molar-refractivity contribution in [3.05, 3.63) is 40.8 Å². The summed E-state index contributed by atoms with van der Waals surface area (Å²) >= 11 is 0. The van der Waals surface area contributed by atoms with E-state index in [1.54, 1.807) is 6.20 Å². The second-order valence-corrected chi connectivity index (χ2v) is 5.61. The second-order valence-electron chi connectivity index (χ2n) is 5.61. The monoisotopic (exact) mass is 301 g/mol. The van der Waals surface area contributed by atoms with Crippen LogP contribution < -0.4 is 10.2 Å². The highest BCUT2D eigenvalue weighted by Gasteiger charge is 2.14. The molecule has 0 atom stereocenters. The molecule has 2 aromatic heterocycles. The van der Waals surface area contributed by atoms with Crippen LogP contribution in [-0.4, -0.2) is 34.8 Å². The van der Waals surface area contributed by atoms with E-state index in [0.29, 0.717) is 13.0 Å². The summed E-state index contributed by atoms with van der Waals surface area (Å²) in [6.07, 6.45) is 2.10. The van der Waals surface area contributed by atoms with Gasteiger partial charge in [0, 0.05) is 50.7 Å². The van der Waals surface area contributed by atoms with Gasteiger partial charge in [0.15, 0.2) is 0 Å². The summed E-state index contributed by atoms with van der Waals surface area (Å²) in [7, 11) is 5.77. The van der Waals surface area contributed by atoms with Crippen molar-refractivity contribution in [2.75, 3.05) is 19.0 Å². The highest BCUT2D eigenvalue weighted by Crippen LogP contribution is 2.15. The lowest BCUT2D eigenvalue weighted by Crippen LogP contribution is -2.26. The van der Waals surface area contributed by atoms with Crippen molar-refractivity contribution < 1.29 is 4.79 Å². The Morgan fingerprint density at radius 2 is 2.09 bits per heavy atom. The molecule has 0 aromatic carbocycles. The van der Waals surface area contributed by atoms with Crippen molar-refractivity contribution in [2.45, 2.75) is 26.8 Å². The molecule has 0 fully saturated rings. The van der Waals surface area contributed by atoms with E-state index in [1.165, 1.54) is 0 Å².